The van der Waals surface area contributed by atoms with Crippen LogP contribution in [0.1, 0.15) is 20.3 Å². The molecule has 0 heterocycles. The summed E-state index contributed by atoms with van der Waals surface area (Å²) < 4.78 is 10.1. The van der Waals surface area contributed by atoms with Crippen LogP contribution < -0.4 is 0 Å². The second kappa shape index (κ2) is 4.45. The molecule has 0 aromatic heterocycles. The van der Waals surface area contributed by atoms with Gasteiger partial charge in [0.25, 0.3) is 0 Å². The van der Waals surface area contributed by atoms with E-state index in [0.29, 0.717) is 19.1 Å². The molecule has 0 aromatic rings. The summed E-state index contributed by atoms with van der Waals surface area (Å²) in [5.41, 5.74) is 0. The van der Waals surface area contributed by atoms with E-state index in [0.717, 1.165) is 13.0 Å². The Hall–Kier alpha value is -0.570. The number of carbonyl (C=O) groups is 1. The first-order chi connectivity index (χ1) is 5.79. The van der Waals surface area contributed by atoms with Crippen LogP contribution in [0, 0.1) is 11.8 Å². The molecule has 0 bridgehead atoms. The van der Waals surface area contributed by atoms with E-state index in [2.05, 4.69) is 0 Å². The predicted octanol–water partition coefficient (Wildman–Crippen LogP) is 1.22. The number of carbonyl (C=O) groups excluding carboxylic acids is 1. The van der Waals surface area contributed by atoms with E-state index in [1.807, 2.05) is 13.8 Å². The van der Waals surface area contributed by atoms with E-state index in [-0.39, 0.29) is 11.9 Å². The van der Waals surface area contributed by atoms with Gasteiger partial charge < -0.3 is 9.47 Å². The van der Waals surface area contributed by atoms with Crippen molar-refractivity contribution in [3.8, 4) is 0 Å². The highest BCUT2D eigenvalue weighted by Gasteiger charge is 2.43. The third kappa shape index (κ3) is 2.48. The number of hydrogen-bond donors (Lipinski definition) is 0. The van der Waals surface area contributed by atoms with Gasteiger partial charge in [0.05, 0.1) is 19.1 Å². The lowest BCUT2D eigenvalue weighted by Gasteiger charge is -2.00. The summed E-state index contributed by atoms with van der Waals surface area (Å²) in [6.45, 7) is 5.71. The van der Waals surface area contributed by atoms with Crippen LogP contribution in [-0.4, -0.2) is 25.8 Å². The van der Waals surface area contributed by atoms with Gasteiger partial charge in [0.1, 0.15) is 0 Å². The van der Waals surface area contributed by atoms with Crippen LogP contribution in [0.5, 0.6) is 0 Å². The fourth-order valence-corrected chi connectivity index (χ4v) is 1.24. The Labute approximate surface area is 73.0 Å². The number of rotatable bonds is 5. The maximum atomic E-state index is 11.1. The highest BCUT2D eigenvalue weighted by molar-refractivity contribution is 5.75. The minimum absolute atomic E-state index is 0.0535. The van der Waals surface area contributed by atoms with Crippen molar-refractivity contribution in [1.29, 1.82) is 0 Å². The Morgan fingerprint density at radius 1 is 1.42 bits per heavy atom. The molecule has 0 aliphatic heterocycles. The third-order valence-corrected chi connectivity index (χ3v) is 2.05. The molecule has 0 amide bonds. The van der Waals surface area contributed by atoms with Crippen LogP contribution in [0.2, 0.25) is 0 Å². The first-order valence-corrected chi connectivity index (χ1v) is 4.54. The van der Waals surface area contributed by atoms with Gasteiger partial charge in [0, 0.05) is 6.61 Å². The Balaban J connectivity index is 2.10. The van der Waals surface area contributed by atoms with Gasteiger partial charge in [-0.2, -0.15) is 0 Å². The molecule has 0 saturated heterocycles. The number of esters is 1. The molecular weight excluding hydrogens is 156 g/mol. The number of hydrogen-bond acceptors (Lipinski definition) is 3. The van der Waals surface area contributed by atoms with E-state index in [4.69, 9.17) is 9.47 Å². The maximum Gasteiger partial charge on any atom is 0.309 e. The second-order valence-electron chi connectivity index (χ2n) is 3.01. The molecule has 3 heteroatoms. The Kier molecular flexibility index (Phi) is 3.53. The minimum atomic E-state index is -0.0535. The molecule has 0 aromatic carbocycles. The summed E-state index contributed by atoms with van der Waals surface area (Å²) >= 11 is 0. The van der Waals surface area contributed by atoms with Gasteiger partial charge in [-0.15, -0.1) is 0 Å². The zero-order valence-electron chi connectivity index (χ0n) is 7.71. The molecule has 0 spiro atoms. The average Bonchev–Trinajstić information content (AvgIpc) is 2.80. The topological polar surface area (TPSA) is 35.5 Å². The summed E-state index contributed by atoms with van der Waals surface area (Å²) in [5.74, 6) is 0.489. The Bertz CT molecular complexity index is 156. The van der Waals surface area contributed by atoms with Crippen LogP contribution in [0.25, 0.3) is 0 Å². The summed E-state index contributed by atoms with van der Waals surface area (Å²) in [7, 11) is 0. The largest absolute Gasteiger partial charge is 0.466 e. The van der Waals surface area contributed by atoms with Gasteiger partial charge in [-0.05, 0) is 26.2 Å². The van der Waals surface area contributed by atoms with Crippen molar-refractivity contribution >= 4 is 5.97 Å². The fraction of sp³-hybridized carbons (Fsp3) is 0.889. The van der Waals surface area contributed by atoms with E-state index in [9.17, 15) is 4.79 Å². The third-order valence-electron chi connectivity index (χ3n) is 2.05. The van der Waals surface area contributed by atoms with E-state index in [1.54, 1.807) is 0 Å². The highest BCUT2D eigenvalue weighted by atomic mass is 16.5. The molecule has 3 nitrogen and oxygen atoms in total. The zero-order chi connectivity index (χ0) is 8.97. The molecule has 1 saturated carbocycles. The van der Waals surface area contributed by atoms with E-state index < -0.39 is 0 Å². The second-order valence-corrected chi connectivity index (χ2v) is 3.01. The molecule has 0 radical (unpaired) electrons. The molecule has 0 N–H and O–H groups in total. The minimum Gasteiger partial charge on any atom is -0.466 e. The van der Waals surface area contributed by atoms with Crippen molar-refractivity contribution in [2.24, 2.45) is 11.8 Å². The van der Waals surface area contributed by atoms with Gasteiger partial charge in [0.2, 0.25) is 0 Å². The average molecular weight is 172 g/mol. The van der Waals surface area contributed by atoms with E-state index in [1.165, 1.54) is 0 Å². The normalized spacial score (nSPS) is 26.8. The molecule has 70 valence electrons. The first-order valence-electron chi connectivity index (χ1n) is 4.54. The monoisotopic (exact) mass is 172 g/mol. The summed E-state index contributed by atoms with van der Waals surface area (Å²) in [6.07, 6.45) is 0.943. The van der Waals surface area contributed by atoms with Gasteiger partial charge in [-0.1, -0.05) is 0 Å². The van der Waals surface area contributed by atoms with Gasteiger partial charge in [0.15, 0.2) is 0 Å². The van der Waals surface area contributed by atoms with Crippen LogP contribution in [0.3, 0.4) is 0 Å². The molecular formula is C9H16O3. The van der Waals surface area contributed by atoms with E-state index >= 15 is 0 Å². The Morgan fingerprint density at radius 3 is 2.75 bits per heavy atom. The summed E-state index contributed by atoms with van der Waals surface area (Å²) in [4.78, 5) is 11.1. The standard InChI is InChI=1S/C9H16O3/c1-3-11-6-7-5-8(7)9(10)12-4-2/h7-8H,3-6H2,1-2H3/t7-,8-/m1/s1. The van der Waals surface area contributed by atoms with Gasteiger partial charge in [-0.3, -0.25) is 4.79 Å². The molecule has 0 unspecified atom stereocenters. The van der Waals surface area contributed by atoms with Crippen molar-refractivity contribution in [3.63, 3.8) is 0 Å². The van der Waals surface area contributed by atoms with Crippen LogP contribution in [0.4, 0.5) is 0 Å². The number of ether oxygens (including phenoxy) is 2. The fourth-order valence-electron chi connectivity index (χ4n) is 1.24. The molecule has 12 heavy (non-hydrogen) atoms. The lowest BCUT2D eigenvalue weighted by molar-refractivity contribution is -0.145. The van der Waals surface area contributed by atoms with Crippen molar-refractivity contribution in [3.05, 3.63) is 0 Å². The maximum absolute atomic E-state index is 11.1. The van der Waals surface area contributed by atoms with Crippen molar-refractivity contribution in [2.45, 2.75) is 20.3 Å². The zero-order valence-corrected chi connectivity index (χ0v) is 7.71. The van der Waals surface area contributed by atoms with Crippen molar-refractivity contribution in [1.82, 2.24) is 0 Å². The van der Waals surface area contributed by atoms with Gasteiger partial charge in [-0.25, -0.2) is 0 Å². The Morgan fingerprint density at radius 2 is 2.17 bits per heavy atom. The molecule has 1 aliphatic rings. The molecule has 1 aliphatic carbocycles. The van der Waals surface area contributed by atoms with Gasteiger partial charge >= 0.3 is 5.97 Å². The predicted molar refractivity (Wildman–Crippen MR) is 44.7 cm³/mol. The van der Waals surface area contributed by atoms with Crippen molar-refractivity contribution in [2.75, 3.05) is 19.8 Å². The smallest absolute Gasteiger partial charge is 0.309 e. The summed E-state index contributed by atoms with van der Waals surface area (Å²) in [6, 6.07) is 0. The first kappa shape index (κ1) is 9.52. The summed E-state index contributed by atoms with van der Waals surface area (Å²) in [5, 5.41) is 0. The molecule has 1 fully saturated rings. The van der Waals surface area contributed by atoms with Crippen molar-refractivity contribution < 1.29 is 14.3 Å². The molecule has 1 rings (SSSR count). The SMILES string of the molecule is CCOC[C@H]1C[C@H]1C(=O)OCC. The molecule has 2 atom stereocenters. The lowest BCUT2D eigenvalue weighted by atomic mass is 10.3. The highest BCUT2D eigenvalue weighted by Crippen LogP contribution is 2.39. The quantitative estimate of drug-likeness (QED) is 0.585. The van der Waals surface area contributed by atoms with Crippen LogP contribution in [0.15, 0.2) is 0 Å². The van der Waals surface area contributed by atoms with Crippen LogP contribution >= 0.6 is 0 Å². The van der Waals surface area contributed by atoms with Crippen LogP contribution in [-0.2, 0) is 14.3 Å². The lowest BCUT2D eigenvalue weighted by Crippen LogP contribution is -2.09.